The smallest absolute Gasteiger partial charge is 0.254 e. The number of fused-ring (bicyclic) bond motifs is 1. The Morgan fingerprint density at radius 1 is 0.833 bits per heavy atom. The van der Waals surface area contributed by atoms with Crippen LogP contribution in [0.1, 0.15) is 67.4 Å². The lowest BCUT2D eigenvalue weighted by Gasteiger charge is -2.30. The van der Waals surface area contributed by atoms with Gasteiger partial charge < -0.3 is 9.80 Å². The Morgan fingerprint density at radius 3 is 2.17 bits per heavy atom. The molecular weight excluding hydrogens is 372 g/mol. The van der Waals surface area contributed by atoms with Gasteiger partial charge in [-0.05, 0) is 43.5 Å². The fraction of sp³-hybridized carbons (Fsp3) is 0.462. The van der Waals surface area contributed by atoms with Gasteiger partial charge in [0.2, 0.25) is 5.91 Å². The second-order valence-electron chi connectivity index (χ2n) is 8.63. The molecule has 0 N–H and O–H groups in total. The summed E-state index contributed by atoms with van der Waals surface area (Å²) in [6, 6.07) is 15.9. The molecule has 1 aliphatic rings. The molecule has 4 heteroatoms. The maximum Gasteiger partial charge on any atom is 0.254 e. The van der Waals surface area contributed by atoms with Crippen molar-refractivity contribution in [2.75, 3.05) is 18.0 Å². The van der Waals surface area contributed by atoms with E-state index in [9.17, 15) is 9.59 Å². The highest BCUT2D eigenvalue weighted by atomic mass is 16.2. The summed E-state index contributed by atoms with van der Waals surface area (Å²) in [4.78, 5) is 30.2. The van der Waals surface area contributed by atoms with Crippen LogP contribution in [-0.4, -0.2) is 29.8 Å². The highest BCUT2D eigenvalue weighted by Gasteiger charge is 2.23. The average Bonchev–Trinajstić information content (AvgIpc) is 2.74. The van der Waals surface area contributed by atoms with Gasteiger partial charge in [-0.15, -0.1) is 0 Å². The first-order valence-corrected chi connectivity index (χ1v) is 11.2. The quantitative estimate of drug-likeness (QED) is 0.652. The standard InChI is InChI=1S/C26H34N2O2/c1-20(2)25(29)28-18-10-6-4-5-9-17-27(19-23-11-7-8-12-24(23)28)26(30)22-15-13-21(3)14-16-22/h7-8,11-16,20H,4-6,9-10,17-19H2,1-3H3. The molecule has 0 fully saturated rings. The number of rotatable bonds is 2. The number of nitrogens with zero attached hydrogens (tertiary/aromatic N) is 2. The Bertz CT molecular complexity index is 858. The van der Waals surface area contributed by atoms with Crippen molar-refractivity contribution in [3.8, 4) is 0 Å². The first-order valence-electron chi connectivity index (χ1n) is 11.2. The molecule has 0 spiro atoms. The van der Waals surface area contributed by atoms with Crippen LogP contribution < -0.4 is 4.90 Å². The first-order chi connectivity index (χ1) is 14.5. The predicted molar refractivity (Wildman–Crippen MR) is 123 cm³/mol. The van der Waals surface area contributed by atoms with E-state index >= 15 is 0 Å². The summed E-state index contributed by atoms with van der Waals surface area (Å²) in [6.07, 6.45) is 5.37. The third kappa shape index (κ3) is 5.50. The molecule has 0 aromatic heterocycles. The van der Waals surface area contributed by atoms with Gasteiger partial charge in [0.1, 0.15) is 0 Å². The molecule has 1 heterocycles. The van der Waals surface area contributed by atoms with E-state index in [1.807, 2.05) is 73.0 Å². The van der Waals surface area contributed by atoms with Crippen molar-refractivity contribution in [3.05, 3.63) is 65.2 Å². The summed E-state index contributed by atoms with van der Waals surface area (Å²) in [7, 11) is 0. The van der Waals surface area contributed by atoms with Crippen LogP contribution in [0.25, 0.3) is 0 Å². The molecule has 2 aromatic carbocycles. The highest BCUT2D eigenvalue weighted by Crippen LogP contribution is 2.26. The molecule has 0 radical (unpaired) electrons. The lowest BCUT2D eigenvalue weighted by molar-refractivity contribution is -0.121. The van der Waals surface area contributed by atoms with Gasteiger partial charge in [-0.2, -0.15) is 0 Å². The number of anilines is 1. The second-order valence-corrected chi connectivity index (χ2v) is 8.63. The van der Waals surface area contributed by atoms with Crippen LogP contribution in [0.15, 0.2) is 48.5 Å². The number of para-hydroxylation sites is 1. The summed E-state index contributed by atoms with van der Waals surface area (Å²) in [5.74, 6) is 0.149. The van der Waals surface area contributed by atoms with Crippen molar-refractivity contribution >= 4 is 17.5 Å². The topological polar surface area (TPSA) is 40.6 Å². The number of carbonyl (C=O) groups is 2. The van der Waals surface area contributed by atoms with Crippen molar-refractivity contribution < 1.29 is 9.59 Å². The van der Waals surface area contributed by atoms with E-state index in [4.69, 9.17) is 0 Å². The van der Waals surface area contributed by atoms with Crippen molar-refractivity contribution in [2.45, 2.75) is 59.4 Å². The minimum absolute atomic E-state index is 0.0589. The molecule has 0 saturated heterocycles. The minimum atomic E-state index is -0.0590. The molecule has 2 amide bonds. The van der Waals surface area contributed by atoms with Crippen LogP contribution in [0.3, 0.4) is 0 Å². The summed E-state index contributed by atoms with van der Waals surface area (Å²) in [5, 5.41) is 0. The zero-order chi connectivity index (χ0) is 21.5. The van der Waals surface area contributed by atoms with E-state index in [-0.39, 0.29) is 17.7 Å². The van der Waals surface area contributed by atoms with E-state index in [0.29, 0.717) is 6.54 Å². The van der Waals surface area contributed by atoms with Gasteiger partial charge in [-0.25, -0.2) is 0 Å². The molecule has 0 saturated carbocycles. The van der Waals surface area contributed by atoms with E-state index < -0.39 is 0 Å². The van der Waals surface area contributed by atoms with Gasteiger partial charge in [0.25, 0.3) is 5.91 Å². The normalized spacial score (nSPS) is 15.9. The second kappa shape index (κ2) is 10.4. The maximum atomic E-state index is 13.3. The number of amides is 2. The number of hydrogen-bond acceptors (Lipinski definition) is 2. The average molecular weight is 407 g/mol. The van der Waals surface area contributed by atoms with E-state index in [0.717, 1.165) is 67.6 Å². The fourth-order valence-electron chi connectivity index (χ4n) is 4.01. The third-order valence-corrected chi connectivity index (χ3v) is 5.80. The molecule has 0 unspecified atom stereocenters. The van der Waals surface area contributed by atoms with Gasteiger partial charge in [-0.3, -0.25) is 9.59 Å². The third-order valence-electron chi connectivity index (χ3n) is 5.80. The zero-order valence-electron chi connectivity index (χ0n) is 18.6. The largest absolute Gasteiger partial charge is 0.334 e. The van der Waals surface area contributed by atoms with E-state index in [2.05, 4.69) is 6.07 Å². The molecule has 160 valence electrons. The Kier molecular flexibility index (Phi) is 7.67. The lowest BCUT2D eigenvalue weighted by atomic mass is 10.0. The molecule has 0 atom stereocenters. The van der Waals surface area contributed by atoms with E-state index in [1.165, 1.54) is 0 Å². The molecule has 30 heavy (non-hydrogen) atoms. The monoisotopic (exact) mass is 406 g/mol. The predicted octanol–water partition coefficient (Wildman–Crippen LogP) is 5.59. The Labute approximate surface area is 180 Å². The number of benzene rings is 2. The molecule has 4 nitrogen and oxygen atoms in total. The van der Waals surface area contributed by atoms with E-state index in [1.54, 1.807) is 0 Å². The number of aryl methyl sites for hydroxylation is 1. The van der Waals surface area contributed by atoms with Crippen molar-refractivity contribution in [3.63, 3.8) is 0 Å². The SMILES string of the molecule is Cc1ccc(C(=O)N2CCCCCCCN(C(=O)C(C)C)c3ccccc3C2)cc1. The Morgan fingerprint density at radius 2 is 1.47 bits per heavy atom. The number of hydrogen-bond donors (Lipinski definition) is 0. The van der Waals surface area contributed by atoms with Crippen molar-refractivity contribution in [2.24, 2.45) is 5.92 Å². The summed E-state index contributed by atoms with van der Waals surface area (Å²) >= 11 is 0. The lowest BCUT2D eigenvalue weighted by Crippen LogP contribution is -2.37. The molecule has 0 aliphatic carbocycles. The van der Waals surface area contributed by atoms with Crippen LogP contribution in [0.5, 0.6) is 0 Å². The van der Waals surface area contributed by atoms with Crippen LogP contribution in [-0.2, 0) is 11.3 Å². The highest BCUT2D eigenvalue weighted by molar-refractivity contribution is 5.96. The Balaban J connectivity index is 1.95. The minimum Gasteiger partial charge on any atom is -0.334 e. The number of carbonyl (C=O) groups excluding carboxylic acids is 2. The fourth-order valence-corrected chi connectivity index (χ4v) is 4.01. The first kappa shape index (κ1) is 22.1. The maximum absolute atomic E-state index is 13.3. The Hall–Kier alpha value is -2.62. The van der Waals surface area contributed by atoms with Crippen LogP contribution >= 0.6 is 0 Å². The zero-order valence-corrected chi connectivity index (χ0v) is 18.6. The summed E-state index contributed by atoms with van der Waals surface area (Å²) in [5.41, 5.74) is 3.85. The van der Waals surface area contributed by atoms with Crippen LogP contribution in [0, 0.1) is 12.8 Å². The van der Waals surface area contributed by atoms with Gasteiger partial charge in [-0.1, -0.05) is 69.0 Å². The summed E-state index contributed by atoms with van der Waals surface area (Å²) < 4.78 is 0. The summed E-state index contributed by atoms with van der Waals surface area (Å²) in [6.45, 7) is 7.92. The molecule has 0 bridgehead atoms. The molecule has 3 rings (SSSR count). The molecule has 1 aliphatic heterocycles. The van der Waals surface area contributed by atoms with Crippen LogP contribution in [0.4, 0.5) is 5.69 Å². The van der Waals surface area contributed by atoms with Crippen LogP contribution in [0.2, 0.25) is 0 Å². The molecule has 2 aromatic rings. The van der Waals surface area contributed by atoms with Gasteiger partial charge in [0.05, 0.1) is 0 Å². The van der Waals surface area contributed by atoms with Crippen molar-refractivity contribution in [1.29, 1.82) is 0 Å². The van der Waals surface area contributed by atoms with Gasteiger partial charge in [0.15, 0.2) is 0 Å². The molecular formula is C26H34N2O2. The van der Waals surface area contributed by atoms with Crippen molar-refractivity contribution in [1.82, 2.24) is 4.90 Å². The van der Waals surface area contributed by atoms with Gasteiger partial charge in [0, 0.05) is 36.8 Å². The van der Waals surface area contributed by atoms with Gasteiger partial charge >= 0.3 is 0 Å².